The molecule has 0 fully saturated rings. The first-order valence-corrected chi connectivity index (χ1v) is 7.18. The second-order valence-corrected chi connectivity index (χ2v) is 5.67. The summed E-state index contributed by atoms with van der Waals surface area (Å²) in [6.45, 7) is 4.04. The predicted octanol–water partition coefficient (Wildman–Crippen LogP) is 1.07. The van der Waals surface area contributed by atoms with Gasteiger partial charge in [-0.2, -0.15) is 0 Å². The molecule has 3 N–H and O–H groups in total. The third-order valence-electron chi connectivity index (χ3n) is 2.51. The summed E-state index contributed by atoms with van der Waals surface area (Å²) in [5.41, 5.74) is 0. The van der Waals surface area contributed by atoms with E-state index < -0.39 is 10.0 Å². The molecule has 0 spiro atoms. The zero-order valence-corrected chi connectivity index (χ0v) is 11.4. The van der Waals surface area contributed by atoms with E-state index in [1.165, 1.54) is 6.07 Å². The molecule has 2 aromatic heterocycles. The number of nitrogens with zero attached hydrogens (tertiary/aromatic N) is 1. The summed E-state index contributed by atoms with van der Waals surface area (Å²) in [7, 11) is -3.79. The quantitative estimate of drug-likeness (QED) is 0.850. The fourth-order valence-corrected chi connectivity index (χ4v) is 2.00. The van der Waals surface area contributed by atoms with Crippen LogP contribution in [0.25, 0.3) is 0 Å². The molecule has 2 aromatic rings. The van der Waals surface area contributed by atoms with Gasteiger partial charge < -0.3 is 8.83 Å². The molecule has 0 aliphatic rings. The second kappa shape index (κ2) is 5.16. The van der Waals surface area contributed by atoms with E-state index in [0.29, 0.717) is 18.2 Å². The first-order chi connectivity index (χ1) is 8.86. The number of rotatable bonds is 5. The minimum atomic E-state index is -3.79. The molecule has 104 valence electrons. The summed E-state index contributed by atoms with van der Waals surface area (Å²) in [4.78, 5) is 4.10. The van der Waals surface area contributed by atoms with Gasteiger partial charge in [0.1, 0.15) is 11.5 Å². The van der Waals surface area contributed by atoms with E-state index in [-0.39, 0.29) is 11.1 Å². The lowest BCUT2D eigenvalue weighted by Gasteiger charge is -2.08. The highest BCUT2D eigenvalue weighted by Crippen LogP contribution is 2.15. The average Bonchev–Trinajstić information content (AvgIpc) is 2.93. The normalized spacial score (nSPS) is 13.6. The van der Waals surface area contributed by atoms with Gasteiger partial charge in [-0.25, -0.2) is 18.5 Å². The number of aryl methyl sites for hydroxylation is 1. The standard InChI is InChI=1S/C11H15N3O4S/c1-7-5-14-11(17-7)8(2)13-6-9-3-4-10(18-9)19(12,15)16/h3-5,8,13H,6H2,1-2H3,(H2,12,15,16). The van der Waals surface area contributed by atoms with Gasteiger partial charge >= 0.3 is 0 Å². The summed E-state index contributed by atoms with van der Waals surface area (Å²) in [6, 6.07) is 2.77. The maximum Gasteiger partial charge on any atom is 0.271 e. The van der Waals surface area contributed by atoms with Gasteiger partial charge in [0.25, 0.3) is 10.0 Å². The van der Waals surface area contributed by atoms with Crippen LogP contribution in [0.4, 0.5) is 0 Å². The molecule has 0 saturated carbocycles. The molecule has 7 nitrogen and oxygen atoms in total. The molecule has 0 aliphatic heterocycles. The van der Waals surface area contributed by atoms with Crippen molar-refractivity contribution in [2.24, 2.45) is 5.14 Å². The highest BCUT2D eigenvalue weighted by Gasteiger charge is 2.15. The monoisotopic (exact) mass is 285 g/mol. The Kier molecular flexibility index (Phi) is 3.74. The SMILES string of the molecule is Cc1cnc(C(C)NCc2ccc(S(N)(=O)=O)o2)o1. The first kappa shape index (κ1) is 13.8. The third-order valence-corrected chi connectivity index (χ3v) is 3.29. The van der Waals surface area contributed by atoms with Crippen LogP contribution in [0.5, 0.6) is 0 Å². The van der Waals surface area contributed by atoms with Crippen LogP contribution in [0, 0.1) is 6.92 Å². The number of hydrogen-bond donors (Lipinski definition) is 2. The Labute approximate surface area is 110 Å². The maximum absolute atomic E-state index is 11.0. The highest BCUT2D eigenvalue weighted by atomic mass is 32.2. The lowest BCUT2D eigenvalue weighted by atomic mass is 10.3. The van der Waals surface area contributed by atoms with Crippen molar-refractivity contribution in [1.29, 1.82) is 0 Å². The first-order valence-electron chi connectivity index (χ1n) is 5.63. The largest absolute Gasteiger partial charge is 0.447 e. The lowest BCUT2D eigenvalue weighted by Crippen LogP contribution is -2.18. The molecule has 0 aliphatic carbocycles. The maximum atomic E-state index is 11.0. The van der Waals surface area contributed by atoms with E-state index >= 15 is 0 Å². The van der Waals surface area contributed by atoms with E-state index in [2.05, 4.69) is 10.3 Å². The molecule has 0 radical (unpaired) electrons. The Bertz CT molecular complexity index is 659. The molecule has 2 heterocycles. The van der Waals surface area contributed by atoms with Crippen molar-refractivity contribution < 1.29 is 17.3 Å². The zero-order valence-electron chi connectivity index (χ0n) is 10.6. The number of sulfonamides is 1. The van der Waals surface area contributed by atoms with Crippen LogP contribution < -0.4 is 10.5 Å². The Morgan fingerprint density at radius 3 is 2.68 bits per heavy atom. The molecular formula is C11H15N3O4S. The summed E-state index contributed by atoms with van der Waals surface area (Å²) >= 11 is 0. The van der Waals surface area contributed by atoms with Gasteiger partial charge in [0.05, 0.1) is 18.8 Å². The highest BCUT2D eigenvalue weighted by molar-refractivity contribution is 7.89. The van der Waals surface area contributed by atoms with Crippen LogP contribution in [0.15, 0.2) is 32.3 Å². The molecule has 1 unspecified atom stereocenters. The second-order valence-electron chi connectivity index (χ2n) is 4.18. The predicted molar refractivity (Wildman–Crippen MR) is 66.6 cm³/mol. The summed E-state index contributed by atoms with van der Waals surface area (Å²) < 4.78 is 32.6. The van der Waals surface area contributed by atoms with Crippen LogP contribution >= 0.6 is 0 Å². The summed E-state index contributed by atoms with van der Waals surface area (Å²) in [5.74, 6) is 1.77. The smallest absolute Gasteiger partial charge is 0.271 e. The summed E-state index contributed by atoms with van der Waals surface area (Å²) in [6.07, 6.45) is 1.64. The number of aromatic nitrogens is 1. The van der Waals surface area contributed by atoms with Crippen LogP contribution in [0.1, 0.15) is 30.4 Å². The van der Waals surface area contributed by atoms with Gasteiger partial charge in [-0.15, -0.1) is 0 Å². The van der Waals surface area contributed by atoms with Gasteiger partial charge in [-0.05, 0) is 26.0 Å². The van der Waals surface area contributed by atoms with E-state index in [1.54, 1.807) is 12.3 Å². The van der Waals surface area contributed by atoms with Gasteiger partial charge in [0.2, 0.25) is 11.0 Å². The molecule has 1 atom stereocenters. The van der Waals surface area contributed by atoms with Gasteiger partial charge in [-0.1, -0.05) is 0 Å². The Balaban J connectivity index is 1.97. The van der Waals surface area contributed by atoms with Crippen LogP contribution in [0.2, 0.25) is 0 Å². The van der Waals surface area contributed by atoms with Gasteiger partial charge in [0, 0.05) is 0 Å². The van der Waals surface area contributed by atoms with Crippen LogP contribution in [-0.2, 0) is 16.6 Å². The van der Waals surface area contributed by atoms with Crippen LogP contribution in [-0.4, -0.2) is 13.4 Å². The van der Waals surface area contributed by atoms with Crippen molar-refractivity contribution in [3.05, 3.63) is 35.7 Å². The van der Waals surface area contributed by atoms with Gasteiger partial charge in [-0.3, -0.25) is 5.32 Å². The topological polar surface area (TPSA) is 111 Å². The molecule has 0 bridgehead atoms. The van der Waals surface area contributed by atoms with Crippen molar-refractivity contribution >= 4 is 10.0 Å². The zero-order chi connectivity index (χ0) is 14.0. The molecule has 2 rings (SSSR count). The van der Waals surface area contributed by atoms with E-state index in [9.17, 15) is 8.42 Å². The number of oxazole rings is 1. The number of nitrogens with two attached hydrogens (primary N) is 1. The number of nitrogens with one attached hydrogen (secondary N) is 1. The van der Waals surface area contributed by atoms with E-state index in [1.807, 2.05) is 13.8 Å². The van der Waals surface area contributed by atoms with Crippen molar-refractivity contribution in [1.82, 2.24) is 10.3 Å². The fraction of sp³-hybridized carbons (Fsp3) is 0.364. The average molecular weight is 285 g/mol. The number of hydrogen-bond acceptors (Lipinski definition) is 6. The number of primary sulfonamides is 1. The number of furan rings is 1. The molecule has 8 heteroatoms. The molecule has 19 heavy (non-hydrogen) atoms. The van der Waals surface area contributed by atoms with Crippen LogP contribution in [0.3, 0.4) is 0 Å². The fourth-order valence-electron chi connectivity index (χ4n) is 1.52. The molecule has 0 saturated heterocycles. The molecule has 0 amide bonds. The van der Waals surface area contributed by atoms with Crippen molar-refractivity contribution in [3.8, 4) is 0 Å². The molecular weight excluding hydrogens is 270 g/mol. The minimum absolute atomic E-state index is 0.114. The van der Waals surface area contributed by atoms with E-state index in [4.69, 9.17) is 14.0 Å². The van der Waals surface area contributed by atoms with Crippen molar-refractivity contribution in [3.63, 3.8) is 0 Å². The lowest BCUT2D eigenvalue weighted by molar-refractivity contribution is 0.366. The van der Waals surface area contributed by atoms with E-state index in [0.717, 1.165) is 5.76 Å². The Morgan fingerprint density at radius 1 is 1.42 bits per heavy atom. The summed E-state index contributed by atoms with van der Waals surface area (Å²) in [5, 5.41) is 7.81. The third kappa shape index (κ3) is 3.43. The Hall–Kier alpha value is -1.64. The molecule has 0 aromatic carbocycles. The Morgan fingerprint density at radius 2 is 2.16 bits per heavy atom. The van der Waals surface area contributed by atoms with Crippen molar-refractivity contribution in [2.45, 2.75) is 31.5 Å². The van der Waals surface area contributed by atoms with Crippen molar-refractivity contribution in [2.75, 3.05) is 0 Å². The minimum Gasteiger partial charge on any atom is -0.447 e. The van der Waals surface area contributed by atoms with Gasteiger partial charge in [0.15, 0.2) is 0 Å².